The van der Waals surface area contributed by atoms with Gasteiger partial charge in [-0.05, 0) is 51.7 Å². The Morgan fingerprint density at radius 3 is 2.55 bits per heavy atom. The molecular weight excluding hydrogens is 248 g/mol. The van der Waals surface area contributed by atoms with Crippen LogP contribution in [0.2, 0.25) is 0 Å². The zero-order valence-electron chi connectivity index (χ0n) is 13.7. The molecule has 0 fully saturated rings. The Labute approximate surface area is 124 Å². The van der Waals surface area contributed by atoms with Crippen molar-refractivity contribution in [1.29, 1.82) is 0 Å². The van der Waals surface area contributed by atoms with E-state index < -0.39 is 0 Å². The predicted molar refractivity (Wildman–Crippen MR) is 87.2 cm³/mol. The van der Waals surface area contributed by atoms with Gasteiger partial charge in [0, 0.05) is 20.1 Å². The molecule has 0 radical (unpaired) electrons. The van der Waals surface area contributed by atoms with Gasteiger partial charge in [-0.25, -0.2) is 4.98 Å². The fourth-order valence-electron chi connectivity index (χ4n) is 2.01. The van der Waals surface area contributed by atoms with Gasteiger partial charge in [-0.1, -0.05) is 19.9 Å². The van der Waals surface area contributed by atoms with Gasteiger partial charge in [-0.2, -0.15) is 0 Å². The Bertz CT molecular complexity index is 376. The molecule has 0 aromatic carbocycles. The lowest BCUT2D eigenvalue weighted by Gasteiger charge is -2.20. The minimum atomic E-state index is 0.673. The molecule has 0 atom stereocenters. The van der Waals surface area contributed by atoms with Crippen molar-refractivity contribution in [2.75, 3.05) is 45.7 Å². The summed E-state index contributed by atoms with van der Waals surface area (Å²) in [6.07, 6.45) is 1.15. The van der Waals surface area contributed by atoms with E-state index in [1.54, 1.807) is 0 Å². The van der Waals surface area contributed by atoms with Crippen LogP contribution in [0.4, 0.5) is 5.82 Å². The van der Waals surface area contributed by atoms with Gasteiger partial charge in [0.1, 0.15) is 5.82 Å². The molecular formula is C16H30N4. The summed E-state index contributed by atoms with van der Waals surface area (Å²) in [6, 6.07) is 6.27. The maximum atomic E-state index is 4.72. The van der Waals surface area contributed by atoms with E-state index in [1.165, 1.54) is 0 Å². The highest BCUT2D eigenvalue weighted by Gasteiger charge is 2.04. The Balaban J connectivity index is 2.45. The molecule has 1 aromatic heterocycles. The number of anilines is 1. The first-order valence-corrected chi connectivity index (χ1v) is 7.51. The van der Waals surface area contributed by atoms with E-state index in [9.17, 15) is 0 Å². The summed E-state index contributed by atoms with van der Waals surface area (Å²) in [4.78, 5) is 9.16. The lowest BCUT2D eigenvalue weighted by atomic mass is 10.2. The Morgan fingerprint density at radius 2 is 1.90 bits per heavy atom. The number of hydrogen-bond acceptors (Lipinski definition) is 4. The minimum Gasteiger partial charge on any atom is -0.360 e. The van der Waals surface area contributed by atoms with Crippen molar-refractivity contribution in [3.8, 4) is 0 Å². The van der Waals surface area contributed by atoms with Crippen LogP contribution < -0.4 is 10.2 Å². The van der Waals surface area contributed by atoms with Gasteiger partial charge in [0.15, 0.2) is 0 Å². The van der Waals surface area contributed by atoms with Crippen LogP contribution in [0.25, 0.3) is 0 Å². The SMILES string of the molecule is CC(C)CNCc1cccc(N(C)CCCN(C)C)n1. The Hall–Kier alpha value is -1.13. The van der Waals surface area contributed by atoms with Gasteiger partial charge < -0.3 is 15.1 Å². The summed E-state index contributed by atoms with van der Waals surface area (Å²) >= 11 is 0. The molecule has 0 unspecified atom stereocenters. The van der Waals surface area contributed by atoms with Crippen LogP contribution in [0.5, 0.6) is 0 Å². The number of aromatic nitrogens is 1. The highest BCUT2D eigenvalue weighted by Crippen LogP contribution is 2.10. The van der Waals surface area contributed by atoms with Crippen LogP contribution in [0, 0.1) is 5.92 Å². The second-order valence-corrected chi connectivity index (χ2v) is 6.09. The van der Waals surface area contributed by atoms with Crippen LogP contribution in [-0.4, -0.2) is 50.7 Å². The van der Waals surface area contributed by atoms with E-state index in [1.807, 2.05) is 0 Å². The molecule has 0 aliphatic heterocycles. The van der Waals surface area contributed by atoms with Crippen molar-refractivity contribution in [2.24, 2.45) is 5.92 Å². The summed E-state index contributed by atoms with van der Waals surface area (Å²) in [6.45, 7) is 8.46. The van der Waals surface area contributed by atoms with Gasteiger partial charge in [-0.3, -0.25) is 0 Å². The number of rotatable bonds is 9. The molecule has 4 nitrogen and oxygen atoms in total. The second-order valence-electron chi connectivity index (χ2n) is 6.09. The summed E-state index contributed by atoms with van der Waals surface area (Å²) in [5.41, 5.74) is 1.11. The maximum absolute atomic E-state index is 4.72. The van der Waals surface area contributed by atoms with Gasteiger partial charge >= 0.3 is 0 Å². The topological polar surface area (TPSA) is 31.4 Å². The zero-order valence-corrected chi connectivity index (χ0v) is 13.7. The monoisotopic (exact) mass is 278 g/mol. The highest BCUT2D eigenvalue weighted by molar-refractivity contribution is 5.38. The molecule has 1 aromatic rings. The molecule has 1 N–H and O–H groups in total. The van der Waals surface area contributed by atoms with Gasteiger partial charge in [-0.15, -0.1) is 0 Å². The molecule has 4 heteroatoms. The third-order valence-electron chi connectivity index (χ3n) is 3.14. The molecule has 0 aliphatic rings. The minimum absolute atomic E-state index is 0.673. The van der Waals surface area contributed by atoms with Crippen LogP contribution >= 0.6 is 0 Å². The van der Waals surface area contributed by atoms with E-state index in [4.69, 9.17) is 4.98 Å². The second kappa shape index (κ2) is 8.93. The lowest BCUT2D eigenvalue weighted by Crippen LogP contribution is -2.25. The Morgan fingerprint density at radius 1 is 1.15 bits per heavy atom. The van der Waals surface area contributed by atoms with Gasteiger partial charge in [0.25, 0.3) is 0 Å². The third kappa shape index (κ3) is 6.87. The fourth-order valence-corrected chi connectivity index (χ4v) is 2.01. The number of nitrogens with zero attached hydrogens (tertiary/aromatic N) is 3. The van der Waals surface area contributed by atoms with Crippen LogP contribution in [0.3, 0.4) is 0 Å². The van der Waals surface area contributed by atoms with Crippen LogP contribution in [0.1, 0.15) is 26.0 Å². The van der Waals surface area contributed by atoms with Crippen molar-refractivity contribution >= 4 is 5.82 Å². The summed E-state index contributed by atoms with van der Waals surface area (Å²) < 4.78 is 0. The van der Waals surface area contributed by atoms with Gasteiger partial charge in [0.2, 0.25) is 0 Å². The Kier molecular flexibility index (Phi) is 7.55. The van der Waals surface area contributed by atoms with E-state index >= 15 is 0 Å². The predicted octanol–water partition coefficient (Wildman–Crippen LogP) is 2.22. The molecule has 1 heterocycles. The van der Waals surface area contributed by atoms with Crippen molar-refractivity contribution < 1.29 is 0 Å². The average Bonchev–Trinajstić information content (AvgIpc) is 2.38. The smallest absolute Gasteiger partial charge is 0.128 e. The van der Waals surface area contributed by atoms with Crippen molar-refractivity contribution in [3.05, 3.63) is 23.9 Å². The quantitative estimate of drug-likeness (QED) is 0.750. The van der Waals surface area contributed by atoms with E-state index in [-0.39, 0.29) is 0 Å². The van der Waals surface area contributed by atoms with E-state index in [0.29, 0.717) is 5.92 Å². The average molecular weight is 278 g/mol. The zero-order chi connectivity index (χ0) is 15.0. The first-order valence-electron chi connectivity index (χ1n) is 7.51. The summed E-state index contributed by atoms with van der Waals surface area (Å²) in [5, 5.41) is 3.44. The van der Waals surface area contributed by atoms with E-state index in [0.717, 1.165) is 44.1 Å². The lowest BCUT2D eigenvalue weighted by molar-refractivity contribution is 0.401. The summed E-state index contributed by atoms with van der Waals surface area (Å²) in [5.74, 6) is 1.74. The molecule has 0 spiro atoms. The van der Waals surface area contributed by atoms with Crippen molar-refractivity contribution in [2.45, 2.75) is 26.8 Å². The van der Waals surface area contributed by atoms with Crippen LogP contribution in [-0.2, 0) is 6.54 Å². The van der Waals surface area contributed by atoms with Crippen molar-refractivity contribution in [3.63, 3.8) is 0 Å². The standard InChI is InChI=1S/C16H30N4/c1-14(2)12-17-13-15-8-6-9-16(18-15)20(5)11-7-10-19(3)4/h6,8-9,14,17H,7,10-13H2,1-5H3. The first kappa shape index (κ1) is 16.9. The summed E-state index contributed by atoms with van der Waals surface area (Å²) in [7, 11) is 6.34. The first-order chi connectivity index (χ1) is 9.49. The fraction of sp³-hybridized carbons (Fsp3) is 0.688. The molecule has 0 saturated carbocycles. The van der Waals surface area contributed by atoms with Crippen molar-refractivity contribution in [1.82, 2.24) is 15.2 Å². The normalized spacial score (nSPS) is 11.3. The van der Waals surface area contributed by atoms with Crippen LogP contribution in [0.15, 0.2) is 18.2 Å². The molecule has 20 heavy (non-hydrogen) atoms. The molecule has 114 valence electrons. The molecule has 0 bridgehead atoms. The third-order valence-corrected chi connectivity index (χ3v) is 3.14. The molecule has 0 aliphatic carbocycles. The molecule has 0 amide bonds. The molecule has 0 saturated heterocycles. The number of hydrogen-bond donors (Lipinski definition) is 1. The number of nitrogens with one attached hydrogen (secondary N) is 1. The molecule has 1 rings (SSSR count). The largest absolute Gasteiger partial charge is 0.360 e. The number of pyridine rings is 1. The van der Waals surface area contributed by atoms with Gasteiger partial charge in [0.05, 0.1) is 5.69 Å². The maximum Gasteiger partial charge on any atom is 0.128 e. The van der Waals surface area contributed by atoms with E-state index in [2.05, 4.69) is 68.3 Å². The highest BCUT2D eigenvalue weighted by atomic mass is 15.2.